The molecular weight excluding hydrogens is 474 g/mol. The molecule has 2 heterocycles. The number of nitrogens with one attached hydrogen (secondary N) is 2. The normalized spacial score (nSPS) is 20.5. The SMILES string of the molecule is COCCN(CC1CC1)c1cc(C(=O)NCC2NCCCC2c2ccccc2)cc(N(C)S(C)=O)n1. The molecule has 8 nitrogen and oxygen atoms in total. The Morgan fingerprint density at radius 2 is 1.94 bits per heavy atom. The number of aromatic nitrogens is 1. The van der Waals surface area contributed by atoms with E-state index in [1.54, 1.807) is 30.8 Å². The second kappa shape index (κ2) is 12.7. The van der Waals surface area contributed by atoms with Crippen LogP contribution in [-0.2, 0) is 15.7 Å². The van der Waals surface area contributed by atoms with Crippen LogP contribution in [0.5, 0.6) is 0 Å². The van der Waals surface area contributed by atoms with Crippen LogP contribution in [-0.4, -0.2) is 74.3 Å². The van der Waals surface area contributed by atoms with Crippen molar-refractivity contribution < 1.29 is 13.7 Å². The maximum atomic E-state index is 13.4. The van der Waals surface area contributed by atoms with E-state index in [4.69, 9.17) is 9.72 Å². The van der Waals surface area contributed by atoms with E-state index in [2.05, 4.69) is 39.8 Å². The zero-order valence-corrected chi connectivity index (χ0v) is 22.4. The first-order valence-corrected chi connectivity index (χ1v) is 14.4. The van der Waals surface area contributed by atoms with Gasteiger partial charge in [0.1, 0.15) is 22.6 Å². The van der Waals surface area contributed by atoms with Gasteiger partial charge < -0.3 is 20.3 Å². The lowest BCUT2D eigenvalue weighted by Crippen LogP contribution is -2.47. The van der Waals surface area contributed by atoms with Crippen molar-refractivity contribution >= 4 is 28.5 Å². The minimum atomic E-state index is -1.26. The fourth-order valence-corrected chi connectivity index (χ4v) is 5.13. The minimum absolute atomic E-state index is 0.146. The van der Waals surface area contributed by atoms with Gasteiger partial charge in [-0.15, -0.1) is 0 Å². The number of ether oxygens (including phenoxy) is 1. The molecule has 36 heavy (non-hydrogen) atoms. The van der Waals surface area contributed by atoms with Crippen molar-refractivity contribution in [2.75, 3.05) is 62.4 Å². The number of anilines is 2. The summed E-state index contributed by atoms with van der Waals surface area (Å²) < 4.78 is 19.1. The largest absolute Gasteiger partial charge is 0.383 e. The zero-order chi connectivity index (χ0) is 25.5. The van der Waals surface area contributed by atoms with Crippen LogP contribution in [0.2, 0.25) is 0 Å². The molecule has 2 fully saturated rings. The van der Waals surface area contributed by atoms with E-state index in [1.807, 2.05) is 12.1 Å². The Bertz CT molecular complexity index is 1030. The van der Waals surface area contributed by atoms with Crippen molar-refractivity contribution in [3.8, 4) is 0 Å². The predicted molar refractivity (Wildman–Crippen MR) is 146 cm³/mol. The number of carbonyl (C=O) groups excluding carboxylic acids is 1. The number of hydrogen-bond acceptors (Lipinski definition) is 6. The molecule has 196 valence electrons. The number of methoxy groups -OCH3 is 1. The molecule has 1 aliphatic carbocycles. The summed E-state index contributed by atoms with van der Waals surface area (Å²) in [7, 11) is 2.17. The third kappa shape index (κ3) is 7.05. The van der Waals surface area contributed by atoms with Gasteiger partial charge in [-0.2, -0.15) is 0 Å². The highest BCUT2D eigenvalue weighted by atomic mass is 32.2. The standard InChI is InChI=1S/C27H39N5O3S/c1-31(36(3)34)25-16-22(17-26(30-25)32(14-15-35-2)19-20-11-12-20)27(33)29-18-24-23(10-7-13-28-24)21-8-5-4-6-9-21/h4-6,8-9,16-17,20,23-24,28H,7,10-15,18-19H2,1-3H3,(H,29,33). The smallest absolute Gasteiger partial charge is 0.251 e. The molecule has 2 aromatic rings. The van der Waals surface area contributed by atoms with Crippen molar-refractivity contribution in [1.82, 2.24) is 15.6 Å². The van der Waals surface area contributed by atoms with Crippen LogP contribution in [0.3, 0.4) is 0 Å². The lowest BCUT2D eigenvalue weighted by molar-refractivity contribution is 0.0946. The highest BCUT2D eigenvalue weighted by Gasteiger charge is 2.28. The Balaban J connectivity index is 1.53. The highest BCUT2D eigenvalue weighted by molar-refractivity contribution is 7.85. The molecule has 0 spiro atoms. The lowest BCUT2D eigenvalue weighted by Gasteiger charge is -2.33. The number of pyridine rings is 1. The van der Waals surface area contributed by atoms with E-state index in [0.29, 0.717) is 42.9 Å². The van der Waals surface area contributed by atoms with Gasteiger partial charge in [0.05, 0.1) is 6.61 Å². The first-order chi connectivity index (χ1) is 17.5. The average molecular weight is 514 g/mol. The van der Waals surface area contributed by atoms with E-state index in [9.17, 15) is 9.00 Å². The van der Waals surface area contributed by atoms with Gasteiger partial charge in [0, 0.05) is 57.6 Å². The maximum absolute atomic E-state index is 13.4. The fraction of sp³-hybridized carbons (Fsp3) is 0.556. The first-order valence-electron chi connectivity index (χ1n) is 12.9. The lowest BCUT2D eigenvalue weighted by atomic mass is 9.84. The van der Waals surface area contributed by atoms with Gasteiger partial charge in [-0.3, -0.25) is 9.10 Å². The Morgan fingerprint density at radius 1 is 1.19 bits per heavy atom. The molecule has 0 radical (unpaired) electrons. The topological polar surface area (TPSA) is 86.8 Å². The molecule has 1 aliphatic heterocycles. The number of carbonyl (C=O) groups is 1. The van der Waals surface area contributed by atoms with Crippen molar-refractivity contribution in [2.45, 2.75) is 37.6 Å². The van der Waals surface area contributed by atoms with Crippen molar-refractivity contribution in [2.24, 2.45) is 5.92 Å². The van der Waals surface area contributed by atoms with Gasteiger partial charge in [0.2, 0.25) is 0 Å². The minimum Gasteiger partial charge on any atom is -0.383 e. The summed E-state index contributed by atoms with van der Waals surface area (Å²) in [5.74, 6) is 2.11. The third-order valence-corrected chi connectivity index (χ3v) is 8.09. The quantitative estimate of drug-likeness (QED) is 0.454. The molecule has 1 aromatic carbocycles. The number of rotatable bonds is 12. The number of amides is 1. The van der Waals surface area contributed by atoms with Crippen LogP contribution in [0.1, 0.15) is 47.5 Å². The highest BCUT2D eigenvalue weighted by Crippen LogP contribution is 2.32. The molecule has 3 atom stereocenters. The number of benzene rings is 1. The van der Waals surface area contributed by atoms with Crippen LogP contribution in [0, 0.1) is 5.92 Å². The van der Waals surface area contributed by atoms with E-state index in [0.717, 1.165) is 31.7 Å². The van der Waals surface area contributed by atoms with Crippen molar-refractivity contribution in [3.05, 3.63) is 53.6 Å². The second-order valence-electron chi connectivity index (χ2n) is 9.81. The monoisotopic (exact) mass is 513 g/mol. The number of hydrogen-bond donors (Lipinski definition) is 2. The van der Waals surface area contributed by atoms with E-state index < -0.39 is 11.0 Å². The summed E-state index contributed by atoms with van der Waals surface area (Å²) in [4.78, 5) is 20.4. The molecule has 1 saturated carbocycles. The van der Waals surface area contributed by atoms with Gasteiger partial charge >= 0.3 is 0 Å². The summed E-state index contributed by atoms with van der Waals surface area (Å²) in [6.45, 7) is 3.63. The maximum Gasteiger partial charge on any atom is 0.251 e. The molecule has 1 aromatic heterocycles. The molecule has 1 saturated heterocycles. The number of piperidine rings is 1. The summed E-state index contributed by atoms with van der Waals surface area (Å²) >= 11 is 0. The third-order valence-electron chi connectivity index (χ3n) is 7.13. The second-order valence-corrected chi connectivity index (χ2v) is 11.2. The summed E-state index contributed by atoms with van der Waals surface area (Å²) in [6, 6.07) is 14.3. The molecular formula is C27H39N5O3S. The average Bonchev–Trinajstić information content (AvgIpc) is 3.73. The van der Waals surface area contributed by atoms with E-state index >= 15 is 0 Å². The van der Waals surface area contributed by atoms with E-state index in [1.165, 1.54) is 18.4 Å². The Hall–Kier alpha value is -2.49. The Morgan fingerprint density at radius 3 is 2.64 bits per heavy atom. The summed E-state index contributed by atoms with van der Waals surface area (Å²) in [5, 5.41) is 6.76. The van der Waals surface area contributed by atoms with Crippen molar-refractivity contribution in [3.63, 3.8) is 0 Å². The van der Waals surface area contributed by atoms with Crippen LogP contribution < -0.4 is 19.8 Å². The molecule has 4 rings (SSSR count). The van der Waals surface area contributed by atoms with Crippen LogP contribution in [0.4, 0.5) is 11.6 Å². The van der Waals surface area contributed by atoms with Gasteiger partial charge in [-0.05, 0) is 55.8 Å². The molecule has 2 aliphatic rings. The zero-order valence-electron chi connectivity index (χ0n) is 21.6. The van der Waals surface area contributed by atoms with Gasteiger partial charge in [-0.1, -0.05) is 30.3 Å². The summed E-state index contributed by atoms with van der Waals surface area (Å²) in [6.07, 6.45) is 6.27. The predicted octanol–water partition coefficient (Wildman–Crippen LogP) is 2.94. The van der Waals surface area contributed by atoms with Crippen LogP contribution >= 0.6 is 0 Å². The summed E-state index contributed by atoms with van der Waals surface area (Å²) in [5.41, 5.74) is 1.83. The van der Waals surface area contributed by atoms with E-state index in [-0.39, 0.29) is 11.9 Å². The fourth-order valence-electron chi connectivity index (χ4n) is 4.77. The van der Waals surface area contributed by atoms with Gasteiger partial charge in [-0.25, -0.2) is 9.19 Å². The number of nitrogens with zero attached hydrogens (tertiary/aromatic N) is 3. The van der Waals surface area contributed by atoms with Gasteiger partial charge in [0.25, 0.3) is 5.91 Å². The molecule has 9 heteroatoms. The molecule has 1 amide bonds. The Kier molecular flexibility index (Phi) is 9.34. The van der Waals surface area contributed by atoms with Gasteiger partial charge in [0.15, 0.2) is 0 Å². The molecule has 0 bridgehead atoms. The Labute approximate surface area is 217 Å². The van der Waals surface area contributed by atoms with Crippen molar-refractivity contribution in [1.29, 1.82) is 0 Å². The first kappa shape index (κ1) is 26.6. The molecule has 3 unspecified atom stereocenters. The molecule has 2 N–H and O–H groups in total. The van der Waals surface area contributed by atoms with Crippen LogP contribution in [0.15, 0.2) is 42.5 Å². The van der Waals surface area contributed by atoms with Crippen LogP contribution in [0.25, 0.3) is 0 Å².